The van der Waals surface area contributed by atoms with Crippen molar-refractivity contribution in [2.24, 2.45) is 0 Å². The Bertz CT molecular complexity index is 1050. The van der Waals surface area contributed by atoms with Gasteiger partial charge in [0.1, 0.15) is 5.58 Å². The lowest BCUT2D eigenvalue weighted by atomic mass is 10.0. The van der Waals surface area contributed by atoms with Crippen molar-refractivity contribution in [1.82, 2.24) is 0 Å². The van der Waals surface area contributed by atoms with Crippen LogP contribution in [-0.2, 0) is 21.1 Å². The smallest absolute Gasteiger partial charge is 0.228 e. The van der Waals surface area contributed by atoms with Crippen molar-refractivity contribution in [2.75, 3.05) is 11.6 Å². The molecule has 0 aliphatic rings. The zero-order chi connectivity index (χ0) is 18.2. The molecular weight excluding hydrogens is 338 g/mol. The fraction of sp³-hybridized carbons (Fsp3) is 0.211. The summed E-state index contributed by atoms with van der Waals surface area (Å²) in [6.07, 6.45) is 2.94. The van der Waals surface area contributed by atoms with E-state index >= 15 is 0 Å². The molecule has 2 aromatic carbocycles. The highest BCUT2D eigenvalue weighted by molar-refractivity contribution is 7.90. The maximum atomic E-state index is 12.3. The first-order chi connectivity index (χ1) is 11.7. The summed E-state index contributed by atoms with van der Waals surface area (Å²) in [7, 11) is -3.25. The van der Waals surface area contributed by atoms with Crippen LogP contribution < -0.4 is 5.32 Å². The van der Waals surface area contributed by atoms with Crippen LogP contribution in [0.1, 0.15) is 16.7 Å². The van der Waals surface area contributed by atoms with Crippen LogP contribution in [0.15, 0.2) is 52.0 Å². The van der Waals surface area contributed by atoms with Gasteiger partial charge in [-0.15, -0.1) is 0 Å². The highest BCUT2D eigenvalue weighted by Gasteiger charge is 2.12. The summed E-state index contributed by atoms with van der Waals surface area (Å²) in [5.41, 5.74) is 4.43. The summed E-state index contributed by atoms with van der Waals surface area (Å²) >= 11 is 0. The third-order valence-corrected chi connectivity index (χ3v) is 5.32. The van der Waals surface area contributed by atoms with Gasteiger partial charge in [0.25, 0.3) is 0 Å². The van der Waals surface area contributed by atoms with E-state index in [0.717, 1.165) is 33.9 Å². The van der Waals surface area contributed by atoms with Gasteiger partial charge in [-0.3, -0.25) is 4.79 Å². The van der Waals surface area contributed by atoms with E-state index in [1.165, 1.54) is 12.1 Å². The van der Waals surface area contributed by atoms with Gasteiger partial charge in [-0.2, -0.15) is 0 Å². The van der Waals surface area contributed by atoms with Crippen molar-refractivity contribution in [2.45, 2.75) is 25.2 Å². The van der Waals surface area contributed by atoms with Crippen LogP contribution in [0.25, 0.3) is 11.0 Å². The van der Waals surface area contributed by atoms with Gasteiger partial charge in [0.15, 0.2) is 9.84 Å². The Morgan fingerprint density at radius 1 is 1.08 bits per heavy atom. The molecule has 3 rings (SSSR count). The summed E-state index contributed by atoms with van der Waals surface area (Å²) in [5, 5.41) is 3.71. The van der Waals surface area contributed by atoms with E-state index in [0.29, 0.717) is 5.69 Å². The molecular formula is C19H19NO4S. The number of amides is 1. The first kappa shape index (κ1) is 17.2. The second kappa shape index (κ2) is 6.37. The molecule has 1 amide bonds. The number of nitrogens with one attached hydrogen (secondary N) is 1. The molecule has 0 atom stereocenters. The molecule has 0 radical (unpaired) electrons. The number of carbonyl (C=O) groups is 1. The van der Waals surface area contributed by atoms with Crippen LogP contribution in [0, 0.1) is 13.8 Å². The Labute approximate surface area is 146 Å². The molecule has 1 aromatic heterocycles. The number of benzene rings is 2. The highest BCUT2D eigenvalue weighted by atomic mass is 32.2. The van der Waals surface area contributed by atoms with E-state index in [4.69, 9.17) is 4.42 Å². The van der Waals surface area contributed by atoms with E-state index in [-0.39, 0.29) is 17.2 Å². The van der Waals surface area contributed by atoms with E-state index in [1.807, 2.05) is 26.0 Å². The molecule has 3 aromatic rings. The van der Waals surface area contributed by atoms with Crippen molar-refractivity contribution < 1.29 is 17.6 Å². The maximum absolute atomic E-state index is 12.3. The largest absolute Gasteiger partial charge is 0.464 e. The molecule has 0 unspecified atom stereocenters. The number of hydrogen-bond donors (Lipinski definition) is 1. The van der Waals surface area contributed by atoms with Gasteiger partial charge in [-0.25, -0.2) is 8.42 Å². The third-order valence-electron chi connectivity index (χ3n) is 4.19. The van der Waals surface area contributed by atoms with Crippen molar-refractivity contribution >= 4 is 32.4 Å². The van der Waals surface area contributed by atoms with Crippen LogP contribution in [0.4, 0.5) is 5.69 Å². The van der Waals surface area contributed by atoms with Crippen LogP contribution in [-0.4, -0.2) is 20.6 Å². The Balaban J connectivity index is 1.76. The Kier molecular flexibility index (Phi) is 4.39. The number of carbonyl (C=O) groups excluding carboxylic acids is 1. The molecule has 0 saturated heterocycles. The Hall–Kier alpha value is -2.60. The predicted molar refractivity (Wildman–Crippen MR) is 97.6 cm³/mol. The first-order valence-electron chi connectivity index (χ1n) is 7.81. The third kappa shape index (κ3) is 3.74. The number of hydrogen-bond acceptors (Lipinski definition) is 4. The molecule has 25 heavy (non-hydrogen) atoms. The number of rotatable bonds is 4. The lowest BCUT2D eigenvalue weighted by molar-refractivity contribution is -0.115. The molecule has 0 aliphatic heterocycles. The van der Waals surface area contributed by atoms with Gasteiger partial charge in [-0.1, -0.05) is 0 Å². The molecule has 0 bridgehead atoms. The highest BCUT2D eigenvalue weighted by Crippen LogP contribution is 2.25. The van der Waals surface area contributed by atoms with Gasteiger partial charge < -0.3 is 9.73 Å². The average Bonchev–Trinajstić information content (AvgIpc) is 2.89. The SMILES string of the molecule is Cc1cc2occ(CC(=O)Nc3ccc(S(C)(=O)=O)cc3)c2cc1C. The van der Waals surface area contributed by atoms with E-state index < -0.39 is 9.84 Å². The lowest BCUT2D eigenvalue weighted by Crippen LogP contribution is -2.14. The molecule has 1 heterocycles. The molecule has 1 N–H and O–H groups in total. The van der Waals surface area contributed by atoms with Crippen molar-refractivity contribution in [3.05, 3.63) is 59.4 Å². The van der Waals surface area contributed by atoms with Gasteiger partial charge in [0.05, 0.1) is 17.6 Å². The van der Waals surface area contributed by atoms with E-state index in [9.17, 15) is 13.2 Å². The van der Waals surface area contributed by atoms with Crippen LogP contribution in [0.3, 0.4) is 0 Å². The lowest BCUT2D eigenvalue weighted by Gasteiger charge is -2.06. The molecule has 0 aliphatic carbocycles. The standard InChI is InChI=1S/C19H19NO4S/c1-12-8-17-14(11-24-18(17)9-13(12)2)10-19(21)20-15-4-6-16(7-5-15)25(3,22)23/h4-9,11H,10H2,1-3H3,(H,20,21). The summed E-state index contributed by atoms with van der Waals surface area (Å²) in [6.45, 7) is 4.04. The van der Waals surface area contributed by atoms with Gasteiger partial charge >= 0.3 is 0 Å². The van der Waals surface area contributed by atoms with Crippen molar-refractivity contribution in [3.8, 4) is 0 Å². The van der Waals surface area contributed by atoms with Crippen molar-refractivity contribution in [3.63, 3.8) is 0 Å². The summed E-state index contributed by atoms with van der Waals surface area (Å²) in [5.74, 6) is -0.187. The molecule has 5 nitrogen and oxygen atoms in total. The Morgan fingerprint density at radius 2 is 1.72 bits per heavy atom. The first-order valence-corrected chi connectivity index (χ1v) is 9.70. The minimum absolute atomic E-state index is 0.184. The Morgan fingerprint density at radius 3 is 2.36 bits per heavy atom. The van der Waals surface area contributed by atoms with Crippen LogP contribution >= 0.6 is 0 Å². The fourth-order valence-corrected chi connectivity index (χ4v) is 3.27. The zero-order valence-electron chi connectivity index (χ0n) is 14.3. The predicted octanol–water partition coefficient (Wildman–Crippen LogP) is 3.63. The molecule has 6 heteroatoms. The molecule has 0 spiro atoms. The molecule has 130 valence electrons. The van der Waals surface area contributed by atoms with Gasteiger partial charge in [0.2, 0.25) is 5.91 Å². The zero-order valence-corrected chi connectivity index (χ0v) is 15.1. The number of fused-ring (bicyclic) bond motifs is 1. The second-order valence-corrected chi connectivity index (χ2v) is 8.23. The minimum Gasteiger partial charge on any atom is -0.464 e. The second-order valence-electron chi connectivity index (χ2n) is 6.22. The summed E-state index contributed by atoms with van der Waals surface area (Å²) < 4.78 is 28.5. The van der Waals surface area contributed by atoms with E-state index in [1.54, 1.807) is 18.4 Å². The number of aryl methyl sites for hydroxylation is 2. The van der Waals surface area contributed by atoms with Gasteiger partial charge in [0, 0.05) is 22.9 Å². The van der Waals surface area contributed by atoms with Crippen LogP contribution in [0.5, 0.6) is 0 Å². The number of sulfone groups is 1. The fourth-order valence-electron chi connectivity index (χ4n) is 2.64. The normalized spacial score (nSPS) is 11.6. The van der Waals surface area contributed by atoms with Crippen LogP contribution in [0.2, 0.25) is 0 Å². The maximum Gasteiger partial charge on any atom is 0.228 e. The number of anilines is 1. The van der Waals surface area contributed by atoms with E-state index in [2.05, 4.69) is 5.32 Å². The number of furan rings is 1. The molecule has 0 fully saturated rings. The summed E-state index contributed by atoms with van der Waals surface area (Å²) in [6, 6.07) is 10.1. The summed E-state index contributed by atoms with van der Waals surface area (Å²) in [4.78, 5) is 12.5. The minimum atomic E-state index is -3.25. The monoisotopic (exact) mass is 357 g/mol. The molecule has 0 saturated carbocycles. The quantitative estimate of drug-likeness (QED) is 0.773. The van der Waals surface area contributed by atoms with Gasteiger partial charge in [-0.05, 0) is 61.4 Å². The topological polar surface area (TPSA) is 76.4 Å². The average molecular weight is 357 g/mol. The van der Waals surface area contributed by atoms with Crippen molar-refractivity contribution in [1.29, 1.82) is 0 Å².